The molecule has 3 atom stereocenters. The number of nitrogens with one attached hydrogen (secondary N) is 1. The van der Waals surface area contributed by atoms with Crippen molar-refractivity contribution >= 4 is 23.8 Å². The highest BCUT2D eigenvalue weighted by atomic mass is 32.2. The molecule has 0 aromatic carbocycles. The molecule has 0 radical (unpaired) electrons. The molecular weight excluding hydrogens is 280 g/mol. The monoisotopic (exact) mass is 302 g/mol. The molecule has 6 nitrogen and oxygen atoms in total. The molecule has 2 fully saturated rings. The van der Waals surface area contributed by atoms with E-state index in [0.29, 0.717) is 12.4 Å². The number of carboxylic acids is 1. The Hall–Kier alpha value is -0.950. The van der Waals surface area contributed by atoms with Gasteiger partial charge in [-0.25, -0.2) is 9.59 Å². The normalized spacial score (nSPS) is 30.2. The molecule has 0 bridgehead atoms. The average molecular weight is 302 g/mol. The van der Waals surface area contributed by atoms with Gasteiger partial charge in [0, 0.05) is 12.4 Å². The zero-order chi connectivity index (χ0) is 14.5. The Morgan fingerprint density at radius 3 is 2.90 bits per heavy atom. The Bertz CT molecular complexity index is 360. The van der Waals surface area contributed by atoms with Gasteiger partial charge < -0.3 is 15.2 Å². The number of carbonyl (C=O) groups is 2. The largest absolute Gasteiger partial charge is 0.480 e. The van der Waals surface area contributed by atoms with E-state index in [9.17, 15) is 14.7 Å². The molecule has 20 heavy (non-hydrogen) atoms. The maximum atomic E-state index is 12.4. The van der Waals surface area contributed by atoms with Crippen LogP contribution in [0.3, 0.4) is 0 Å². The molecular formula is C13H22N2O4S. The van der Waals surface area contributed by atoms with Crippen LogP contribution in [0.4, 0.5) is 4.79 Å². The number of carbonyl (C=O) groups excluding carboxylic acids is 1. The van der Waals surface area contributed by atoms with Gasteiger partial charge in [-0.3, -0.25) is 4.90 Å². The van der Waals surface area contributed by atoms with Crippen molar-refractivity contribution in [3.8, 4) is 0 Å². The van der Waals surface area contributed by atoms with E-state index in [1.54, 1.807) is 11.8 Å². The van der Waals surface area contributed by atoms with Crippen molar-refractivity contribution in [3.63, 3.8) is 0 Å². The second-order valence-corrected chi connectivity index (χ2v) is 6.41. The van der Waals surface area contributed by atoms with Crippen LogP contribution in [-0.2, 0) is 9.53 Å². The van der Waals surface area contributed by atoms with Crippen LogP contribution in [0.2, 0.25) is 0 Å². The third-order valence-electron chi connectivity index (χ3n) is 3.64. The average Bonchev–Trinajstić information content (AvgIpc) is 2.84. The number of hydrogen-bond donors (Lipinski definition) is 2. The quantitative estimate of drug-likeness (QED) is 0.823. The molecule has 7 heteroatoms. The first-order valence-corrected chi connectivity index (χ1v) is 8.19. The summed E-state index contributed by atoms with van der Waals surface area (Å²) in [5.41, 5.74) is 0. The van der Waals surface area contributed by atoms with Crippen molar-refractivity contribution in [3.05, 3.63) is 0 Å². The van der Waals surface area contributed by atoms with Crippen LogP contribution in [0, 0.1) is 0 Å². The van der Waals surface area contributed by atoms with Crippen molar-refractivity contribution in [2.45, 2.75) is 50.1 Å². The van der Waals surface area contributed by atoms with E-state index in [4.69, 9.17) is 4.74 Å². The zero-order valence-electron chi connectivity index (χ0n) is 11.7. The first kappa shape index (κ1) is 15.4. The summed E-state index contributed by atoms with van der Waals surface area (Å²) < 4.78 is 5.34. The third-order valence-corrected chi connectivity index (χ3v) is 4.99. The summed E-state index contributed by atoms with van der Waals surface area (Å²) >= 11 is 1.55. The van der Waals surface area contributed by atoms with E-state index in [-0.39, 0.29) is 17.4 Å². The van der Waals surface area contributed by atoms with Gasteiger partial charge in [0.05, 0.1) is 18.0 Å². The molecule has 0 aromatic rings. The summed E-state index contributed by atoms with van der Waals surface area (Å²) in [5.74, 6) is -0.458. The number of carboxylic acid groups (broad SMARTS) is 1. The van der Waals surface area contributed by atoms with Crippen LogP contribution in [0.5, 0.6) is 0 Å². The Morgan fingerprint density at radius 2 is 2.30 bits per heavy atom. The first-order chi connectivity index (χ1) is 9.63. The Labute approximate surface area is 123 Å². The van der Waals surface area contributed by atoms with Gasteiger partial charge in [-0.15, -0.1) is 11.8 Å². The lowest BCUT2D eigenvalue weighted by atomic mass is 10.1. The summed E-state index contributed by atoms with van der Waals surface area (Å²) in [6, 6.07) is -0.990. The third kappa shape index (κ3) is 3.58. The van der Waals surface area contributed by atoms with Crippen molar-refractivity contribution in [1.82, 2.24) is 10.2 Å². The fraction of sp³-hybridized carbons (Fsp3) is 0.846. The number of urea groups is 1. The molecule has 2 rings (SSSR count). The molecule has 2 aliphatic heterocycles. The van der Waals surface area contributed by atoms with Gasteiger partial charge in [0.1, 0.15) is 6.04 Å². The van der Waals surface area contributed by atoms with E-state index in [1.165, 1.54) is 4.90 Å². The van der Waals surface area contributed by atoms with Gasteiger partial charge in [0.25, 0.3) is 0 Å². The molecule has 2 heterocycles. The predicted octanol–water partition coefficient (Wildman–Crippen LogP) is 1.50. The molecule has 2 aliphatic rings. The maximum Gasteiger partial charge on any atom is 0.327 e. The van der Waals surface area contributed by atoms with Crippen molar-refractivity contribution in [2.75, 3.05) is 19.0 Å². The van der Waals surface area contributed by atoms with Gasteiger partial charge >= 0.3 is 12.0 Å². The number of hydrogen-bond acceptors (Lipinski definition) is 4. The summed E-state index contributed by atoms with van der Waals surface area (Å²) in [4.78, 5) is 25.2. The van der Waals surface area contributed by atoms with Gasteiger partial charge in [-0.05, 0) is 19.3 Å². The van der Waals surface area contributed by atoms with Crippen LogP contribution in [0.15, 0.2) is 0 Å². The van der Waals surface area contributed by atoms with E-state index in [0.717, 1.165) is 32.3 Å². The SMILES string of the molecule is CCCC1SCC(C(=O)O)N1C(=O)NC1CCCOC1. The number of nitrogens with zero attached hydrogens (tertiary/aromatic N) is 1. The van der Waals surface area contributed by atoms with Crippen molar-refractivity contribution in [2.24, 2.45) is 0 Å². The molecule has 114 valence electrons. The summed E-state index contributed by atoms with van der Waals surface area (Å²) in [6.07, 6.45) is 3.58. The smallest absolute Gasteiger partial charge is 0.327 e. The van der Waals surface area contributed by atoms with E-state index >= 15 is 0 Å². The van der Waals surface area contributed by atoms with Crippen LogP contribution >= 0.6 is 11.8 Å². The molecule has 2 N–H and O–H groups in total. The number of rotatable bonds is 4. The Kier molecular flexibility index (Phi) is 5.54. The fourth-order valence-electron chi connectivity index (χ4n) is 2.60. The van der Waals surface area contributed by atoms with Crippen molar-refractivity contribution < 1.29 is 19.4 Å². The summed E-state index contributed by atoms with van der Waals surface area (Å²) in [7, 11) is 0. The van der Waals surface area contributed by atoms with Crippen molar-refractivity contribution in [1.29, 1.82) is 0 Å². The van der Waals surface area contributed by atoms with Crippen LogP contribution < -0.4 is 5.32 Å². The molecule has 0 aliphatic carbocycles. The number of amides is 2. The lowest BCUT2D eigenvalue weighted by Gasteiger charge is -2.31. The first-order valence-electron chi connectivity index (χ1n) is 7.14. The van der Waals surface area contributed by atoms with Crippen LogP contribution in [-0.4, -0.2) is 58.4 Å². The lowest BCUT2D eigenvalue weighted by Crippen LogP contribution is -2.53. The maximum absolute atomic E-state index is 12.4. The minimum atomic E-state index is -0.925. The predicted molar refractivity (Wildman–Crippen MR) is 76.8 cm³/mol. The minimum Gasteiger partial charge on any atom is -0.480 e. The standard InChI is InChI=1S/C13H22N2O4S/c1-2-4-11-15(10(8-20-11)12(16)17)13(18)14-9-5-3-6-19-7-9/h9-11H,2-8H2,1H3,(H,14,18)(H,16,17). The van der Waals surface area contributed by atoms with E-state index in [1.807, 2.05) is 6.92 Å². The zero-order valence-corrected chi connectivity index (χ0v) is 12.5. The second-order valence-electron chi connectivity index (χ2n) is 5.20. The topological polar surface area (TPSA) is 78.9 Å². The second kappa shape index (κ2) is 7.17. The van der Waals surface area contributed by atoms with Gasteiger partial charge in [0.2, 0.25) is 0 Å². The highest BCUT2D eigenvalue weighted by Gasteiger charge is 2.41. The molecule has 0 spiro atoms. The molecule has 2 saturated heterocycles. The highest BCUT2D eigenvalue weighted by molar-refractivity contribution is 8.00. The lowest BCUT2D eigenvalue weighted by molar-refractivity contribution is -0.141. The molecule has 0 aromatic heterocycles. The minimum absolute atomic E-state index is 0.00132. The summed E-state index contributed by atoms with van der Waals surface area (Å²) in [5, 5.41) is 12.1. The van der Waals surface area contributed by atoms with Gasteiger partial charge in [-0.2, -0.15) is 0 Å². The summed E-state index contributed by atoms with van der Waals surface area (Å²) in [6.45, 7) is 3.30. The molecule has 3 unspecified atom stereocenters. The van der Waals surface area contributed by atoms with Crippen LogP contribution in [0.1, 0.15) is 32.6 Å². The van der Waals surface area contributed by atoms with Gasteiger partial charge in [0.15, 0.2) is 0 Å². The molecule has 2 amide bonds. The molecule has 0 saturated carbocycles. The van der Waals surface area contributed by atoms with E-state index < -0.39 is 12.0 Å². The van der Waals surface area contributed by atoms with E-state index in [2.05, 4.69) is 5.32 Å². The number of thioether (sulfide) groups is 1. The van der Waals surface area contributed by atoms with Crippen LogP contribution in [0.25, 0.3) is 0 Å². The van der Waals surface area contributed by atoms with Gasteiger partial charge in [-0.1, -0.05) is 13.3 Å². The highest BCUT2D eigenvalue weighted by Crippen LogP contribution is 2.32. The Morgan fingerprint density at radius 1 is 1.50 bits per heavy atom. The number of aliphatic carboxylic acids is 1. The fourth-order valence-corrected chi connectivity index (χ4v) is 4.11. The Balaban J connectivity index is 2.00. The number of ether oxygens (including phenoxy) is 1.